The van der Waals surface area contributed by atoms with Crippen LogP contribution in [0.1, 0.15) is 22.2 Å². The van der Waals surface area contributed by atoms with Gasteiger partial charge in [0.1, 0.15) is 0 Å². The standard InChI is InChI=1S/C15H18Cl2N2S/c1-2-11-6-7-12(20-11)8-10(19-18)9-13-14(16)4-3-5-15(13)17/h3-7,10,19H,2,8-9,18H2,1H3. The number of hydrazine groups is 1. The average Bonchev–Trinajstić information content (AvgIpc) is 2.89. The van der Waals surface area contributed by atoms with Crippen LogP contribution in [0.25, 0.3) is 0 Å². The van der Waals surface area contributed by atoms with E-state index in [4.69, 9.17) is 29.0 Å². The summed E-state index contributed by atoms with van der Waals surface area (Å²) in [5.41, 5.74) is 3.82. The molecule has 0 aliphatic carbocycles. The van der Waals surface area contributed by atoms with Gasteiger partial charge in [0.2, 0.25) is 0 Å². The van der Waals surface area contributed by atoms with Gasteiger partial charge in [0.25, 0.3) is 0 Å². The zero-order valence-corrected chi connectivity index (χ0v) is 13.7. The summed E-state index contributed by atoms with van der Waals surface area (Å²) in [4.78, 5) is 2.72. The molecule has 2 nitrogen and oxygen atoms in total. The Hall–Kier alpha value is -0.580. The Morgan fingerprint density at radius 3 is 2.30 bits per heavy atom. The minimum Gasteiger partial charge on any atom is -0.271 e. The van der Waals surface area contributed by atoms with Crippen LogP contribution in [0.2, 0.25) is 10.0 Å². The first-order chi connectivity index (χ1) is 9.63. The first kappa shape index (κ1) is 15.8. The van der Waals surface area contributed by atoms with Gasteiger partial charge in [0.05, 0.1) is 0 Å². The first-order valence-electron chi connectivity index (χ1n) is 6.60. The van der Waals surface area contributed by atoms with Gasteiger partial charge in [0.15, 0.2) is 0 Å². The fourth-order valence-corrected chi connectivity index (χ4v) is 3.72. The van der Waals surface area contributed by atoms with E-state index in [0.29, 0.717) is 16.5 Å². The maximum Gasteiger partial charge on any atom is 0.0453 e. The number of benzene rings is 1. The lowest BCUT2D eigenvalue weighted by Crippen LogP contribution is -2.38. The van der Waals surface area contributed by atoms with Gasteiger partial charge in [0, 0.05) is 25.8 Å². The van der Waals surface area contributed by atoms with E-state index in [1.807, 2.05) is 29.5 Å². The fourth-order valence-electron chi connectivity index (χ4n) is 2.13. The van der Waals surface area contributed by atoms with Crippen molar-refractivity contribution in [2.24, 2.45) is 5.84 Å². The van der Waals surface area contributed by atoms with E-state index in [0.717, 1.165) is 18.4 Å². The molecule has 0 fully saturated rings. The van der Waals surface area contributed by atoms with E-state index in [2.05, 4.69) is 24.5 Å². The number of nitrogens with one attached hydrogen (secondary N) is 1. The summed E-state index contributed by atoms with van der Waals surface area (Å²) in [6.07, 6.45) is 2.67. The number of aryl methyl sites for hydroxylation is 1. The number of hydrogen-bond acceptors (Lipinski definition) is 3. The summed E-state index contributed by atoms with van der Waals surface area (Å²) < 4.78 is 0. The molecule has 0 saturated carbocycles. The third kappa shape index (κ3) is 3.96. The predicted molar refractivity (Wildman–Crippen MR) is 88.7 cm³/mol. The van der Waals surface area contributed by atoms with Crippen LogP contribution < -0.4 is 11.3 Å². The zero-order chi connectivity index (χ0) is 14.5. The lowest BCUT2D eigenvalue weighted by molar-refractivity contribution is 0.526. The highest BCUT2D eigenvalue weighted by Crippen LogP contribution is 2.27. The van der Waals surface area contributed by atoms with Crippen LogP contribution in [0.15, 0.2) is 30.3 Å². The van der Waals surface area contributed by atoms with E-state index >= 15 is 0 Å². The second-order valence-electron chi connectivity index (χ2n) is 4.69. The van der Waals surface area contributed by atoms with Crippen LogP contribution in [-0.4, -0.2) is 6.04 Å². The second-order valence-corrected chi connectivity index (χ2v) is 6.76. The summed E-state index contributed by atoms with van der Waals surface area (Å²) in [7, 11) is 0. The molecule has 2 aromatic rings. The number of nitrogens with two attached hydrogens (primary N) is 1. The normalized spacial score (nSPS) is 12.6. The Balaban J connectivity index is 2.09. The van der Waals surface area contributed by atoms with Crippen LogP contribution in [0, 0.1) is 0 Å². The maximum atomic E-state index is 6.21. The van der Waals surface area contributed by atoms with Crippen molar-refractivity contribution in [3.8, 4) is 0 Å². The van der Waals surface area contributed by atoms with Gasteiger partial charge in [-0.15, -0.1) is 11.3 Å². The van der Waals surface area contributed by atoms with Crippen molar-refractivity contribution in [3.63, 3.8) is 0 Å². The highest BCUT2D eigenvalue weighted by Gasteiger charge is 2.14. The molecule has 1 aromatic heterocycles. The van der Waals surface area contributed by atoms with Gasteiger partial charge in [-0.1, -0.05) is 36.2 Å². The molecule has 20 heavy (non-hydrogen) atoms. The quantitative estimate of drug-likeness (QED) is 0.615. The van der Waals surface area contributed by atoms with E-state index in [1.165, 1.54) is 9.75 Å². The van der Waals surface area contributed by atoms with E-state index in [-0.39, 0.29) is 6.04 Å². The third-order valence-electron chi connectivity index (χ3n) is 3.26. The lowest BCUT2D eigenvalue weighted by atomic mass is 10.0. The zero-order valence-electron chi connectivity index (χ0n) is 11.3. The molecule has 108 valence electrons. The maximum absolute atomic E-state index is 6.21. The molecule has 0 amide bonds. The molecular formula is C15H18Cl2N2S. The smallest absolute Gasteiger partial charge is 0.0453 e. The van der Waals surface area contributed by atoms with Crippen molar-refractivity contribution in [2.45, 2.75) is 32.2 Å². The second kappa shape index (κ2) is 7.43. The molecule has 1 unspecified atom stereocenters. The third-order valence-corrected chi connectivity index (χ3v) is 5.22. The number of hydrogen-bond donors (Lipinski definition) is 2. The minimum absolute atomic E-state index is 0.121. The van der Waals surface area contributed by atoms with Gasteiger partial charge >= 0.3 is 0 Å². The molecule has 5 heteroatoms. The molecule has 1 atom stereocenters. The predicted octanol–water partition coefficient (Wildman–Crippen LogP) is 4.23. The Labute approximate surface area is 133 Å². The van der Waals surface area contributed by atoms with Crippen molar-refractivity contribution >= 4 is 34.5 Å². The molecule has 0 aliphatic heterocycles. The van der Waals surface area contributed by atoms with Gasteiger partial charge in [-0.05, 0) is 49.1 Å². The Kier molecular flexibility index (Phi) is 5.87. The molecule has 0 saturated heterocycles. The SMILES string of the molecule is CCc1ccc(CC(Cc2c(Cl)cccc2Cl)NN)s1. The molecule has 3 N–H and O–H groups in total. The molecule has 2 rings (SSSR count). The minimum atomic E-state index is 0.121. The summed E-state index contributed by atoms with van der Waals surface area (Å²) in [6, 6.07) is 10.0. The highest BCUT2D eigenvalue weighted by molar-refractivity contribution is 7.11. The highest BCUT2D eigenvalue weighted by atomic mass is 35.5. The van der Waals surface area contributed by atoms with E-state index in [9.17, 15) is 0 Å². The average molecular weight is 329 g/mol. The van der Waals surface area contributed by atoms with Gasteiger partial charge in [-0.2, -0.15) is 0 Å². The molecule has 0 spiro atoms. The molecule has 0 radical (unpaired) electrons. The van der Waals surface area contributed by atoms with Crippen LogP contribution in [-0.2, 0) is 19.3 Å². The van der Waals surface area contributed by atoms with Crippen LogP contribution in [0.4, 0.5) is 0 Å². The number of halogens is 2. The topological polar surface area (TPSA) is 38.0 Å². The van der Waals surface area contributed by atoms with E-state index < -0.39 is 0 Å². The molecule has 0 aliphatic rings. The van der Waals surface area contributed by atoms with Gasteiger partial charge in [-0.25, -0.2) is 0 Å². The van der Waals surface area contributed by atoms with Crippen molar-refractivity contribution in [1.82, 2.24) is 5.43 Å². The lowest BCUT2D eigenvalue weighted by Gasteiger charge is -2.16. The van der Waals surface area contributed by atoms with Crippen LogP contribution >= 0.6 is 34.5 Å². The Bertz CT molecular complexity index is 549. The molecule has 1 heterocycles. The molecule has 0 bridgehead atoms. The Morgan fingerprint density at radius 1 is 1.10 bits per heavy atom. The monoisotopic (exact) mass is 328 g/mol. The van der Waals surface area contributed by atoms with Crippen molar-refractivity contribution in [1.29, 1.82) is 0 Å². The van der Waals surface area contributed by atoms with Crippen LogP contribution in [0.3, 0.4) is 0 Å². The van der Waals surface area contributed by atoms with Crippen LogP contribution in [0.5, 0.6) is 0 Å². The summed E-state index contributed by atoms with van der Waals surface area (Å²) in [6.45, 7) is 2.16. The summed E-state index contributed by atoms with van der Waals surface area (Å²) in [5.74, 6) is 5.68. The van der Waals surface area contributed by atoms with Crippen molar-refractivity contribution in [2.75, 3.05) is 0 Å². The van der Waals surface area contributed by atoms with Crippen molar-refractivity contribution in [3.05, 3.63) is 55.7 Å². The van der Waals surface area contributed by atoms with Gasteiger partial charge < -0.3 is 0 Å². The van der Waals surface area contributed by atoms with Gasteiger partial charge in [-0.3, -0.25) is 11.3 Å². The first-order valence-corrected chi connectivity index (χ1v) is 8.17. The number of thiophene rings is 1. The molecular weight excluding hydrogens is 311 g/mol. The fraction of sp³-hybridized carbons (Fsp3) is 0.333. The molecule has 1 aromatic carbocycles. The van der Waals surface area contributed by atoms with E-state index in [1.54, 1.807) is 0 Å². The van der Waals surface area contributed by atoms with Crippen molar-refractivity contribution < 1.29 is 0 Å². The summed E-state index contributed by atoms with van der Waals surface area (Å²) in [5, 5.41) is 1.39. The Morgan fingerprint density at radius 2 is 1.75 bits per heavy atom. The summed E-state index contributed by atoms with van der Waals surface area (Å²) >= 11 is 14.3. The number of rotatable bonds is 6. The largest absolute Gasteiger partial charge is 0.271 e.